The maximum absolute atomic E-state index is 15.0. The third kappa shape index (κ3) is 11.0. The third-order valence-electron chi connectivity index (χ3n) is 9.46. The van der Waals surface area contributed by atoms with Crippen molar-refractivity contribution in [2.24, 2.45) is 0 Å². The van der Waals surface area contributed by atoms with E-state index in [-0.39, 0.29) is 23.1 Å². The molecule has 0 N–H and O–H groups in total. The van der Waals surface area contributed by atoms with Gasteiger partial charge in [-0.25, -0.2) is 8.78 Å². The van der Waals surface area contributed by atoms with Gasteiger partial charge < -0.3 is 9.47 Å². The molecule has 2 aliphatic rings. The first-order valence-corrected chi connectivity index (χ1v) is 17.9. The lowest BCUT2D eigenvalue weighted by Gasteiger charge is -2.19. The summed E-state index contributed by atoms with van der Waals surface area (Å²) in [4.78, 5) is 0. The summed E-state index contributed by atoms with van der Waals surface area (Å²) in [6.45, 7) is 4.32. The molecule has 0 amide bonds. The molecule has 2 nitrogen and oxygen atoms in total. The number of allylic oxidation sites excluding steroid dienone is 4. The van der Waals surface area contributed by atoms with Gasteiger partial charge in [0.05, 0.1) is 0 Å². The quantitative estimate of drug-likeness (QED) is 0.0865. The normalized spacial score (nSPS) is 13.9. The standard InChI is InChI=1S/C22H22F4O.C21H20F4O/c1-2-3-4-5-15-6-12-20-17(14-15)9-13-19(21(20)23)16-7-10-18(11-8-16)27-22(24,25)26;1-2-3-4-14-5-11-19-16(13-14)8-12-18(20(19)22)15-6-9-17(10-7-15)26-21(23,24)25/h6-11,13H,2-5,12,14H2,1H3;5-10,12H,2-4,11,13H2,1H3. The van der Waals surface area contributed by atoms with Gasteiger partial charge >= 0.3 is 12.7 Å². The fourth-order valence-corrected chi connectivity index (χ4v) is 6.73. The molecule has 2 aliphatic carbocycles. The Kier molecular flexibility index (Phi) is 13.1. The van der Waals surface area contributed by atoms with Crippen molar-refractivity contribution in [1.82, 2.24) is 0 Å². The topological polar surface area (TPSA) is 18.5 Å². The Morgan fingerprint density at radius 2 is 0.906 bits per heavy atom. The molecule has 0 fully saturated rings. The van der Waals surface area contributed by atoms with Crippen LogP contribution in [0.2, 0.25) is 0 Å². The van der Waals surface area contributed by atoms with E-state index in [9.17, 15) is 30.7 Å². The zero-order chi connectivity index (χ0) is 38.2. The minimum Gasteiger partial charge on any atom is -0.406 e. The average molecular weight is 743 g/mol. The second kappa shape index (κ2) is 17.5. The van der Waals surface area contributed by atoms with Crippen molar-refractivity contribution in [1.29, 1.82) is 0 Å². The van der Waals surface area contributed by atoms with E-state index in [1.165, 1.54) is 72.5 Å². The van der Waals surface area contributed by atoms with Gasteiger partial charge in [-0.2, -0.15) is 0 Å². The second-order valence-electron chi connectivity index (χ2n) is 13.3. The van der Waals surface area contributed by atoms with Gasteiger partial charge in [-0.3, -0.25) is 0 Å². The number of alkyl halides is 6. The number of benzene rings is 4. The van der Waals surface area contributed by atoms with Crippen LogP contribution in [0.5, 0.6) is 11.5 Å². The number of rotatable bonds is 11. The van der Waals surface area contributed by atoms with Gasteiger partial charge in [0.15, 0.2) is 0 Å². The number of hydrogen-bond acceptors (Lipinski definition) is 2. The molecule has 0 saturated heterocycles. The summed E-state index contributed by atoms with van der Waals surface area (Å²) in [5, 5.41) is 0. The summed E-state index contributed by atoms with van der Waals surface area (Å²) in [7, 11) is 0. The third-order valence-corrected chi connectivity index (χ3v) is 9.46. The second-order valence-corrected chi connectivity index (χ2v) is 13.3. The van der Waals surface area contributed by atoms with E-state index >= 15 is 4.39 Å². The van der Waals surface area contributed by atoms with Crippen LogP contribution >= 0.6 is 0 Å². The average Bonchev–Trinajstić information content (AvgIpc) is 3.11. The summed E-state index contributed by atoms with van der Waals surface area (Å²) < 4.78 is 111. The zero-order valence-electron chi connectivity index (χ0n) is 29.7. The van der Waals surface area contributed by atoms with Crippen molar-refractivity contribution in [3.8, 4) is 33.8 Å². The highest BCUT2D eigenvalue weighted by Gasteiger charge is 2.32. The van der Waals surface area contributed by atoms with E-state index in [0.717, 1.165) is 56.1 Å². The predicted molar refractivity (Wildman–Crippen MR) is 192 cm³/mol. The summed E-state index contributed by atoms with van der Waals surface area (Å²) in [5.41, 5.74) is 7.92. The van der Waals surface area contributed by atoms with Crippen LogP contribution in [0.15, 0.2) is 96.1 Å². The van der Waals surface area contributed by atoms with Crippen LogP contribution in [0.1, 0.15) is 81.0 Å². The molecule has 0 unspecified atom stereocenters. The lowest BCUT2D eigenvalue weighted by atomic mass is 9.86. The minimum absolute atomic E-state index is 0.291. The summed E-state index contributed by atoms with van der Waals surface area (Å²) in [6.07, 6.45) is 5.30. The molecule has 0 bridgehead atoms. The van der Waals surface area contributed by atoms with Gasteiger partial charge in [-0.1, -0.05) is 105 Å². The Balaban J connectivity index is 0.000000204. The van der Waals surface area contributed by atoms with Crippen LogP contribution in [0.25, 0.3) is 22.3 Å². The highest BCUT2D eigenvalue weighted by atomic mass is 19.4. The zero-order valence-corrected chi connectivity index (χ0v) is 29.7. The summed E-state index contributed by atoms with van der Waals surface area (Å²) >= 11 is 0. The SMILES string of the molecule is CCCCC1=CCc2c(ccc(-c3ccc(OC(F)(F)F)cc3)c2F)C1.CCCCCC1=CCc2c(ccc(-c3ccc(OC(F)(F)F)cc3)c2F)C1. The molecular formula is C43H42F8O2. The van der Waals surface area contributed by atoms with E-state index < -0.39 is 12.7 Å². The Labute approximate surface area is 305 Å². The lowest BCUT2D eigenvalue weighted by Crippen LogP contribution is -2.17. The van der Waals surface area contributed by atoms with Crippen LogP contribution in [0, 0.1) is 11.6 Å². The van der Waals surface area contributed by atoms with Crippen molar-refractivity contribution < 1.29 is 44.6 Å². The molecule has 0 heterocycles. The highest BCUT2D eigenvalue weighted by Crippen LogP contribution is 2.35. The van der Waals surface area contributed by atoms with Crippen molar-refractivity contribution in [2.45, 2.75) is 97.2 Å². The monoisotopic (exact) mass is 742 g/mol. The van der Waals surface area contributed by atoms with Gasteiger partial charge in [0.2, 0.25) is 0 Å². The van der Waals surface area contributed by atoms with Crippen LogP contribution < -0.4 is 9.47 Å². The molecule has 0 aliphatic heterocycles. The Hall–Kier alpha value is -4.60. The molecule has 0 aromatic heterocycles. The molecule has 4 aromatic carbocycles. The fourth-order valence-electron chi connectivity index (χ4n) is 6.73. The molecule has 0 saturated carbocycles. The smallest absolute Gasteiger partial charge is 0.406 e. The van der Waals surface area contributed by atoms with Gasteiger partial charge in [0.25, 0.3) is 0 Å². The largest absolute Gasteiger partial charge is 0.573 e. The van der Waals surface area contributed by atoms with Crippen LogP contribution in [-0.2, 0) is 25.7 Å². The summed E-state index contributed by atoms with van der Waals surface area (Å²) in [6, 6.07) is 17.8. The molecule has 53 heavy (non-hydrogen) atoms. The predicted octanol–water partition coefficient (Wildman–Crippen LogP) is 13.6. The Morgan fingerprint density at radius 1 is 0.509 bits per heavy atom. The number of unbranched alkanes of at least 4 members (excludes halogenated alkanes) is 3. The minimum atomic E-state index is -4.74. The van der Waals surface area contributed by atoms with E-state index in [1.54, 1.807) is 12.1 Å². The molecule has 282 valence electrons. The molecular weight excluding hydrogens is 700 g/mol. The van der Waals surface area contributed by atoms with Gasteiger partial charge in [0, 0.05) is 11.1 Å². The van der Waals surface area contributed by atoms with Crippen molar-refractivity contribution in [3.05, 3.63) is 130 Å². The molecule has 0 radical (unpaired) electrons. The Bertz CT molecular complexity index is 1900. The number of fused-ring (bicyclic) bond motifs is 2. The highest BCUT2D eigenvalue weighted by molar-refractivity contribution is 5.68. The van der Waals surface area contributed by atoms with Crippen molar-refractivity contribution >= 4 is 0 Å². The number of halogens is 8. The molecule has 10 heteroatoms. The first-order valence-electron chi connectivity index (χ1n) is 17.9. The number of hydrogen-bond donors (Lipinski definition) is 0. The summed E-state index contributed by atoms with van der Waals surface area (Å²) in [5.74, 6) is -1.22. The van der Waals surface area contributed by atoms with E-state index in [0.29, 0.717) is 46.2 Å². The first-order chi connectivity index (χ1) is 25.2. The number of ether oxygens (including phenoxy) is 2. The van der Waals surface area contributed by atoms with E-state index in [4.69, 9.17) is 0 Å². The van der Waals surface area contributed by atoms with Gasteiger partial charge in [-0.05, 0) is 109 Å². The fraction of sp³-hybridized carbons (Fsp3) is 0.349. The molecule has 6 rings (SSSR count). The van der Waals surface area contributed by atoms with Crippen molar-refractivity contribution in [3.63, 3.8) is 0 Å². The Morgan fingerprint density at radius 3 is 1.28 bits per heavy atom. The first kappa shape index (κ1) is 39.6. The maximum atomic E-state index is 15.0. The lowest BCUT2D eigenvalue weighted by molar-refractivity contribution is -0.275. The molecule has 0 spiro atoms. The maximum Gasteiger partial charge on any atom is 0.573 e. The van der Waals surface area contributed by atoms with Crippen molar-refractivity contribution in [2.75, 3.05) is 0 Å². The van der Waals surface area contributed by atoms with Crippen LogP contribution in [0.3, 0.4) is 0 Å². The van der Waals surface area contributed by atoms with Gasteiger partial charge in [0.1, 0.15) is 23.1 Å². The molecule has 0 atom stereocenters. The van der Waals surface area contributed by atoms with Crippen LogP contribution in [0.4, 0.5) is 35.1 Å². The van der Waals surface area contributed by atoms with E-state index in [1.807, 2.05) is 12.1 Å². The van der Waals surface area contributed by atoms with Gasteiger partial charge in [-0.15, -0.1) is 26.3 Å². The van der Waals surface area contributed by atoms with Crippen LogP contribution in [-0.4, -0.2) is 12.7 Å². The molecule has 4 aromatic rings. The van der Waals surface area contributed by atoms with E-state index in [2.05, 4.69) is 35.5 Å².